The van der Waals surface area contributed by atoms with Crippen molar-refractivity contribution in [2.24, 2.45) is 5.92 Å². The van der Waals surface area contributed by atoms with Crippen LogP contribution in [0.15, 0.2) is 109 Å². The molecule has 1 aliphatic carbocycles. The summed E-state index contributed by atoms with van der Waals surface area (Å²) < 4.78 is 0. The molecule has 30 heavy (non-hydrogen) atoms. The second-order valence-electron chi connectivity index (χ2n) is 8.31. The van der Waals surface area contributed by atoms with Gasteiger partial charge in [-0.25, -0.2) is 0 Å². The molecule has 5 aromatic carbocycles. The van der Waals surface area contributed by atoms with Crippen LogP contribution in [0, 0.1) is 5.92 Å². The standard InChI is InChI=1S/C29H23N/c1-20-10-16-25(17-11-20)30(24-8-3-2-4-9-24)27-19-15-23-13-12-21-6-5-7-22-14-18-26(27)29(23)28(21)22/h2-10,12-20H,11H2,1H3. The first kappa shape index (κ1) is 17.3. The van der Waals surface area contributed by atoms with E-state index < -0.39 is 0 Å². The van der Waals surface area contributed by atoms with Crippen LogP contribution < -0.4 is 4.90 Å². The SMILES string of the molecule is CC1C=CC(N(c2ccccc2)c2ccc3ccc4cccc5ccc2c3c45)=CC1. The van der Waals surface area contributed by atoms with Crippen LogP contribution in [0.5, 0.6) is 0 Å². The van der Waals surface area contributed by atoms with Gasteiger partial charge in [-0.05, 0) is 63.5 Å². The van der Waals surface area contributed by atoms with Gasteiger partial charge < -0.3 is 4.90 Å². The first-order valence-corrected chi connectivity index (χ1v) is 10.7. The third kappa shape index (κ3) is 2.63. The predicted octanol–water partition coefficient (Wildman–Crippen LogP) is 8.20. The molecule has 0 fully saturated rings. The molecule has 0 heterocycles. The molecule has 0 N–H and O–H groups in total. The molecule has 0 spiro atoms. The summed E-state index contributed by atoms with van der Waals surface area (Å²) in [7, 11) is 0. The summed E-state index contributed by atoms with van der Waals surface area (Å²) in [6.45, 7) is 2.27. The summed E-state index contributed by atoms with van der Waals surface area (Å²) in [5.41, 5.74) is 3.67. The topological polar surface area (TPSA) is 3.24 Å². The maximum absolute atomic E-state index is 2.41. The van der Waals surface area contributed by atoms with Crippen LogP contribution in [0.2, 0.25) is 0 Å². The number of hydrogen-bond donors (Lipinski definition) is 0. The number of allylic oxidation sites excluding steroid dienone is 3. The second-order valence-corrected chi connectivity index (χ2v) is 8.31. The van der Waals surface area contributed by atoms with E-state index in [4.69, 9.17) is 0 Å². The monoisotopic (exact) mass is 385 g/mol. The fourth-order valence-corrected chi connectivity index (χ4v) is 4.80. The van der Waals surface area contributed by atoms with Gasteiger partial charge >= 0.3 is 0 Å². The van der Waals surface area contributed by atoms with Crippen molar-refractivity contribution in [1.29, 1.82) is 0 Å². The minimum atomic E-state index is 0.590. The Hall–Kier alpha value is -3.58. The number of para-hydroxylation sites is 1. The summed E-state index contributed by atoms with van der Waals surface area (Å²) in [5, 5.41) is 7.93. The van der Waals surface area contributed by atoms with Crippen molar-refractivity contribution >= 4 is 43.7 Å². The lowest BCUT2D eigenvalue weighted by Gasteiger charge is -2.30. The van der Waals surface area contributed by atoms with E-state index in [1.165, 1.54) is 49.4 Å². The molecule has 1 atom stereocenters. The van der Waals surface area contributed by atoms with Crippen molar-refractivity contribution in [3.05, 3.63) is 109 Å². The Kier molecular flexibility index (Phi) is 3.89. The van der Waals surface area contributed by atoms with Gasteiger partial charge in [-0.3, -0.25) is 0 Å². The van der Waals surface area contributed by atoms with E-state index in [0.29, 0.717) is 5.92 Å². The molecular weight excluding hydrogens is 362 g/mol. The molecular formula is C29H23N. The lowest BCUT2D eigenvalue weighted by molar-refractivity contribution is 0.728. The smallest absolute Gasteiger partial charge is 0.0540 e. The van der Waals surface area contributed by atoms with Gasteiger partial charge in [-0.1, -0.05) is 85.8 Å². The van der Waals surface area contributed by atoms with Crippen molar-refractivity contribution in [3.63, 3.8) is 0 Å². The van der Waals surface area contributed by atoms with E-state index in [-0.39, 0.29) is 0 Å². The lowest BCUT2D eigenvalue weighted by atomic mass is 9.92. The highest BCUT2D eigenvalue weighted by Gasteiger charge is 2.19. The predicted molar refractivity (Wildman–Crippen MR) is 130 cm³/mol. The zero-order chi connectivity index (χ0) is 20.1. The minimum Gasteiger partial charge on any atom is -0.310 e. The van der Waals surface area contributed by atoms with Gasteiger partial charge in [0.15, 0.2) is 0 Å². The molecule has 6 rings (SSSR count). The molecule has 0 bridgehead atoms. The first-order chi connectivity index (χ1) is 14.8. The molecule has 0 saturated carbocycles. The molecule has 1 heteroatoms. The van der Waals surface area contributed by atoms with Crippen molar-refractivity contribution in [2.45, 2.75) is 13.3 Å². The Bertz CT molecular complexity index is 1410. The van der Waals surface area contributed by atoms with E-state index >= 15 is 0 Å². The number of anilines is 2. The molecule has 0 amide bonds. The Balaban J connectivity index is 1.67. The van der Waals surface area contributed by atoms with Crippen molar-refractivity contribution in [2.75, 3.05) is 4.90 Å². The van der Waals surface area contributed by atoms with E-state index in [0.717, 1.165) is 6.42 Å². The second kappa shape index (κ2) is 6.74. The average Bonchev–Trinajstić information content (AvgIpc) is 2.80. The lowest BCUT2D eigenvalue weighted by Crippen LogP contribution is -2.17. The molecule has 0 aliphatic heterocycles. The quantitative estimate of drug-likeness (QED) is 0.283. The molecule has 1 unspecified atom stereocenters. The zero-order valence-corrected chi connectivity index (χ0v) is 17.0. The van der Waals surface area contributed by atoms with Gasteiger partial charge in [-0.2, -0.15) is 0 Å². The fourth-order valence-electron chi connectivity index (χ4n) is 4.80. The van der Waals surface area contributed by atoms with Gasteiger partial charge in [0, 0.05) is 16.8 Å². The number of benzene rings is 5. The van der Waals surface area contributed by atoms with Crippen molar-refractivity contribution < 1.29 is 0 Å². The number of rotatable bonds is 3. The number of hydrogen-bond acceptors (Lipinski definition) is 1. The van der Waals surface area contributed by atoms with Gasteiger partial charge in [0.05, 0.1) is 5.69 Å². The summed E-state index contributed by atoms with van der Waals surface area (Å²) in [4.78, 5) is 2.41. The summed E-state index contributed by atoms with van der Waals surface area (Å²) in [6.07, 6.45) is 8.04. The molecule has 5 aromatic rings. The van der Waals surface area contributed by atoms with Crippen LogP contribution in [0.25, 0.3) is 32.3 Å². The summed E-state index contributed by atoms with van der Waals surface area (Å²) in [5.74, 6) is 0.590. The summed E-state index contributed by atoms with van der Waals surface area (Å²) >= 11 is 0. The molecule has 0 aromatic heterocycles. The van der Waals surface area contributed by atoms with Crippen LogP contribution in [-0.4, -0.2) is 0 Å². The van der Waals surface area contributed by atoms with Crippen molar-refractivity contribution in [1.82, 2.24) is 0 Å². The maximum Gasteiger partial charge on any atom is 0.0540 e. The highest BCUT2D eigenvalue weighted by Crippen LogP contribution is 2.42. The Morgan fingerprint density at radius 3 is 2.13 bits per heavy atom. The van der Waals surface area contributed by atoms with Crippen LogP contribution >= 0.6 is 0 Å². The highest BCUT2D eigenvalue weighted by atomic mass is 15.1. The fraction of sp³-hybridized carbons (Fsp3) is 0.103. The molecule has 1 aliphatic rings. The van der Waals surface area contributed by atoms with Gasteiger partial charge in [-0.15, -0.1) is 0 Å². The van der Waals surface area contributed by atoms with E-state index in [1.807, 2.05) is 0 Å². The van der Waals surface area contributed by atoms with E-state index in [2.05, 4.69) is 115 Å². The van der Waals surface area contributed by atoms with E-state index in [1.54, 1.807) is 0 Å². The molecule has 1 nitrogen and oxygen atoms in total. The third-order valence-corrected chi connectivity index (χ3v) is 6.31. The van der Waals surface area contributed by atoms with Crippen LogP contribution in [0.4, 0.5) is 11.4 Å². The Morgan fingerprint density at radius 1 is 0.700 bits per heavy atom. The van der Waals surface area contributed by atoms with Gasteiger partial charge in [0.2, 0.25) is 0 Å². The number of nitrogens with zero attached hydrogens (tertiary/aromatic N) is 1. The van der Waals surface area contributed by atoms with Crippen molar-refractivity contribution in [3.8, 4) is 0 Å². The minimum absolute atomic E-state index is 0.590. The van der Waals surface area contributed by atoms with Crippen LogP contribution in [0.3, 0.4) is 0 Å². The molecule has 0 saturated heterocycles. The van der Waals surface area contributed by atoms with Crippen LogP contribution in [-0.2, 0) is 0 Å². The molecule has 144 valence electrons. The third-order valence-electron chi connectivity index (χ3n) is 6.31. The average molecular weight is 386 g/mol. The largest absolute Gasteiger partial charge is 0.310 e. The van der Waals surface area contributed by atoms with Gasteiger partial charge in [0.1, 0.15) is 0 Å². The van der Waals surface area contributed by atoms with Crippen LogP contribution in [0.1, 0.15) is 13.3 Å². The molecule has 0 radical (unpaired) electrons. The zero-order valence-electron chi connectivity index (χ0n) is 17.0. The maximum atomic E-state index is 2.41. The Labute approximate surface area is 176 Å². The normalized spacial score (nSPS) is 16.4. The van der Waals surface area contributed by atoms with Gasteiger partial charge in [0.25, 0.3) is 0 Å². The Morgan fingerprint density at radius 2 is 1.40 bits per heavy atom. The highest BCUT2D eigenvalue weighted by molar-refractivity contribution is 6.25. The van der Waals surface area contributed by atoms with E-state index in [9.17, 15) is 0 Å². The summed E-state index contributed by atoms with van der Waals surface area (Å²) in [6, 6.07) is 30.9. The first-order valence-electron chi connectivity index (χ1n) is 10.7.